The zero-order valence-electron chi connectivity index (χ0n) is 14.3. The van der Waals surface area contributed by atoms with Crippen molar-refractivity contribution < 1.29 is 22.1 Å². The lowest BCUT2D eigenvalue weighted by Gasteiger charge is -2.07. The standard InChI is InChI=1S/C21H13ClO5S/c22-15-6-4-5-14(11-15)12-20-21(23)18-10-9-16(13-19(18)26-20)27-28(24,25)17-7-2-1-3-8-17/h1-13H/b20-12-. The van der Waals surface area contributed by atoms with Crippen LogP contribution in [0.4, 0.5) is 0 Å². The molecule has 0 saturated heterocycles. The average Bonchev–Trinajstić information content (AvgIpc) is 2.97. The summed E-state index contributed by atoms with van der Waals surface area (Å²) in [7, 11) is -3.98. The van der Waals surface area contributed by atoms with E-state index in [1.165, 1.54) is 30.3 Å². The molecule has 0 bridgehead atoms. The highest BCUT2D eigenvalue weighted by molar-refractivity contribution is 7.87. The van der Waals surface area contributed by atoms with Crippen molar-refractivity contribution in [1.82, 2.24) is 0 Å². The number of ketones is 1. The van der Waals surface area contributed by atoms with Crippen LogP contribution >= 0.6 is 11.6 Å². The normalized spacial score (nSPS) is 14.6. The van der Waals surface area contributed by atoms with Gasteiger partial charge in [0.1, 0.15) is 16.4 Å². The Labute approximate surface area is 166 Å². The Kier molecular flexibility index (Phi) is 4.66. The predicted molar refractivity (Wildman–Crippen MR) is 105 cm³/mol. The molecule has 0 spiro atoms. The van der Waals surface area contributed by atoms with Crippen molar-refractivity contribution in [1.29, 1.82) is 0 Å². The molecule has 0 atom stereocenters. The first-order chi connectivity index (χ1) is 13.4. The van der Waals surface area contributed by atoms with Crippen molar-refractivity contribution in [3.63, 3.8) is 0 Å². The second kappa shape index (κ2) is 7.14. The van der Waals surface area contributed by atoms with Crippen LogP contribution in [-0.4, -0.2) is 14.2 Å². The molecule has 0 saturated carbocycles. The number of benzene rings is 3. The molecule has 1 aliphatic rings. The van der Waals surface area contributed by atoms with Crippen molar-refractivity contribution >= 4 is 33.6 Å². The van der Waals surface area contributed by atoms with Gasteiger partial charge in [-0.1, -0.05) is 41.9 Å². The highest BCUT2D eigenvalue weighted by Gasteiger charge is 2.28. The number of hydrogen-bond donors (Lipinski definition) is 0. The Hall–Kier alpha value is -3.09. The van der Waals surface area contributed by atoms with Crippen LogP contribution in [-0.2, 0) is 10.1 Å². The first-order valence-electron chi connectivity index (χ1n) is 8.26. The third-order valence-corrected chi connectivity index (χ3v) is 5.52. The Morgan fingerprint density at radius 1 is 0.929 bits per heavy atom. The van der Waals surface area contributed by atoms with Gasteiger partial charge in [-0.15, -0.1) is 0 Å². The number of fused-ring (bicyclic) bond motifs is 1. The Morgan fingerprint density at radius 2 is 1.71 bits per heavy atom. The molecule has 0 radical (unpaired) electrons. The van der Waals surface area contributed by atoms with E-state index in [9.17, 15) is 13.2 Å². The number of carbonyl (C=O) groups excluding carboxylic acids is 1. The Morgan fingerprint density at radius 3 is 2.46 bits per heavy atom. The van der Waals surface area contributed by atoms with Gasteiger partial charge in [0.15, 0.2) is 5.76 Å². The SMILES string of the molecule is O=C1/C(=C/c2cccc(Cl)c2)Oc2cc(OS(=O)(=O)c3ccccc3)ccc21. The van der Waals surface area contributed by atoms with E-state index in [0.717, 1.165) is 0 Å². The number of carbonyl (C=O) groups is 1. The summed E-state index contributed by atoms with van der Waals surface area (Å²) in [5.41, 5.74) is 1.05. The molecule has 0 fully saturated rings. The molecule has 3 aromatic rings. The van der Waals surface area contributed by atoms with Crippen LogP contribution < -0.4 is 8.92 Å². The summed E-state index contributed by atoms with van der Waals surface area (Å²) in [6, 6.07) is 19.1. The van der Waals surface area contributed by atoms with Gasteiger partial charge < -0.3 is 8.92 Å². The van der Waals surface area contributed by atoms with E-state index in [1.807, 2.05) is 0 Å². The van der Waals surface area contributed by atoms with Crippen molar-refractivity contribution in [3.05, 3.63) is 94.7 Å². The van der Waals surface area contributed by atoms with E-state index in [0.29, 0.717) is 16.1 Å². The lowest BCUT2D eigenvalue weighted by atomic mass is 10.1. The minimum absolute atomic E-state index is 0.0361. The van der Waals surface area contributed by atoms with Crippen LogP contribution in [0.1, 0.15) is 15.9 Å². The molecule has 1 aliphatic heterocycles. The highest BCUT2D eigenvalue weighted by Crippen LogP contribution is 2.35. The molecule has 0 aliphatic carbocycles. The van der Waals surface area contributed by atoms with Crippen LogP contribution in [0.15, 0.2) is 83.5 Å². The fourth-order valence-electron chi connectivity index (χ4n) is 2.73. The van der Waals surface area contributed by atoms with E-state index < -0.39 is 10.1 Å². The summed E-state index contributed by atoms with van der Waals surface area (Å²) in [5, 5.41) is 0.541. The summed E-state index contributed by atoms with van der Waals surface area (Å²) in [6.45, 7) is 0. The van der Waals surface area contributed by atoms with Crippen LogP contribution in [0, 0.1) is 0 Å². The molecule has 5 nitrogen and oxygen atoms in total. The van der Waals surface area contributed by atoms with Crippen molar-refractivity contribution in [2.24, 2.45) is 0 Å². The number of halogens is 1. The molecule has 140 valence electrons. The lowest BCUT2D eigenvalue weighted by molar-refractivity contribution is 0.101. The molecule has 28 heavy (non-hydrogen) atoms. The zero-order valence-corrected chi connectivity index (χ0v) is 15.9. The van der Waals surface area contributed by atoms with Crippen molar-refractivity contribution in [2.75, 3.05) is 0 Å². The molecule has 3 aromatic carbocycles. The van der Waals surface area contributed by atoms with Gasteiger partial charge in [-0.2, -0.15) is 8.42 Å². The molecule has 0 amide bonds. The second-order valence-corrected chi connectivity index (χ2v) is 7.99. The summed E-state index contributed by atoms with van der Waals surface area (Å²) in [6.07, 6.45) is 1.58. The number of Topliss-reactive ketones (excluding diaryl/α,β-unsaturated/α-hetero) is 1. The quantitative estimate of drug-likeness (QED) is 0.458. The van der Waals surface area contributed by atoms with Gasteiger partial charge in [0.25, 0.3) is 0 Å². The van der Waals surface area contributed by atoms with Gasteiger partial charge in [-0.3, -0.25) is 4.79 Å². The van der Waals surface area contributed by atoms with Gasteiger partial charge in [0, 0.05) is 11.1 Å². The third kappa shape index (κ3) is 3.65. The maximum Gasteiger partial charge on any atom is 0.339 e. The van der Waals surface area contributed by atoms with E-state index >= 15 is 0 Å². The predicted octanol–water partition coefficient (Wildman–Crippen LogP) is 4.72. The van der Waals surface area contributed by atoms with E-state index in [1.54, 1.807) is 48.5 Å². The summed E-state index contributed by atoms with van der Waals surface area (Å²) in [4.78, 5) is 12.6. The molecule has 1 heterocycles. The van der Waals surface area contributed by atoms with Gasteiger partial charge >= 0.3 is 10.1 Å². The first kappa shape index (κ1) is 18.3. The fraction of sp³-hybridized carbons (Fsp3) is 0. The number of allylic oxidation sites excluding steroid dienone is 1. The minimum atomic E-state index is -3.98. The minimum Gasteiger partial charge on any atom is -0.452 e. The van der Waals surface area contributed by atoms with Gasteiger partial charge in [0.2, 0.25) is 5.78 Å². The Balaban J connectivity index is 1.61. The lowest BCUT2D eigenvalue weighted by Crippen LogP contribution is -2.09. The molecule has 7 heteroatoms. The van der Waals surface area contributed by atoms with Crippen molar-refractivity contribution in [3.8, 4) is 11.5 Å². The highest BCUT2D eigenvalue weighted by atomic mass is 35.5. The number of ether oxygens (including phenoxy) is 1. The largest absolute Gasteiger partial charge is 0.452 e. The van der Waals surface area contributed by atoms with Crippen LogP contribution in [0.2, 0.25) is 5.02 Å². The molecule has 4 rings (SSSR count). The molecule has 0 N–H and O–H groups in total. The molecule has 0 aromatic heterocycles. The summed E-state index contributed by atoms with van der Waals surface area (Å²) < 4.78 is 35.5. The van der Waals surface area contributed by atoms with Crippen LogP contribution in [0.5, 0.6) is 11.5 Å². The van der Waals surface area contributed by atoms with Crippen molar-refractivity contribution in [2.45, 2.75) is 4.90 Å². The van der Waals surface area contributed by atoms with Gasteiger partial charge in [-0.25, -0.2) is 0 Å². The van der Waals surface area contributed by atoms with E-state index in [2.05, 4.69) is 0 Å². The topological polar surface area (TPSA) is 69.7 Å². The molecular weight excluding hydrogens is 400 g/mol. The van der Waals surface area contributed by atoms with Gasteiger partial charge in [-0.05, 0) is 48.0 Å². The smallest absolute Gasteiger partial charge is 0.339 e. The van der Waals surface area contributed by atoms with Gasteiger partial charge in [0.05, 0.1) is 5.56 Å². The molecular formula is C21H13ClO5S. The van der Waals surface area contributed by atoms with Crippen LogP contribution in [0.3, 0.4) is 0 Å². The third-order valence-electron chi connectivity index (χ3n) is 4.03. The zero-order chi connectivity index (χ0) is 19.7. The maximum atomic E-state index is 12.5. The Bertz CT molecular complexity index is 1200. The number of hydrogen-bond acceptors (Lipinski definition) is 5. The monoisotopic (exact) mass is 412 g/mol. The first-order valence-corrected chi connectivity index (χ1v) is 10.0. The van der Waals surface area contributed by atoms with E-state index in [4.69, 9.17) is 20.5 Å². The summed E-state index contributed by atoms with van der Waals surface area (Å²) in [5.74, 6) is 0.117. The van der Waals surface area contributed by atoms with E-state index in [-0.39, 0.29) is 27.9 Å². The maximum absolute atomic E-state index is 12.5. The second-order valence-electron chi connectivity index (χ2n) is 6.00. The van der Waals surface area contributed by atoms with Crippen LogP contribution in [0.25, 0.3) is 6.08 Å². The fourth-order valence-corrected chi connectivity index (χ4v) is 3.87. The number of rotatable bonds is 4. The molecule has 0 unspecified atom stereocenters. The summed E-state index contributed by atoms with van der Waals surface area (Å²) >= 11 is 5.96. The average molecular weight is 413 g/mol.